The van der Waals surface area contributed by atoms with Gasteiger partial charge >= 0.3 is 0 Å². The summed E-state index contributed by atoms with van der Waals surface area (Å²) in [6, 6.07) is 4.21. The first-order valence-corrected chi connectivity index (χ1v) is 4.43. The number of ether oxygens (including phenoxy) is 1. The number of alkyl halides is 1. The molecule has 0 aliphatic heterocycles. The predicted octanol–water partition coefficient (Wildman–Crippen LogP) is 2.06. The van der Waals surface area contributed by atoms with Gasteiger partial charge < -0.3 is 10.5 Å². The zero-order chi connectivity index (χ0) is 10.6. The number of aliphatic imine (C=N–C) groups is 1. The third-order valence-electron chi connectivity index (χ3n) is 1.54. The Kier molecular flexibility index (Phi) is 3.71. The summed E-state index contributed by atoms with van der Waals surface area (Å²) in [6.45, 7) is 0. The highest BCUT2D eigenvalue weighted by Gasteiger charge is 2.02. The van der Waals surface area contributed by atoms with E-state index in [0.717, 1.165) is 0 Å². The average Bonchev–Trinajstić information content (AvgIpc) is 2.20. The van der Waals surface area contributed by atoms with Crippen molar-refractivity contribution in [1.29, 1.82) is 0 Å². The molecule has 1 aromatic rings. The van der Waals surface area contributed by atoms with Gasteiger partial charge in [-0.15, -0.1) is 11.6 Å². The fraction of sp³-hybridized carbons (Fsp3) is 0.222. The normalized spacial score (nSPS) is 11.5. The van der Waals surface area contributed by atoms with Gasteiger partial charge in [-0.3, -0.25) is 0 Å². The highest BCUT2D eigenvalue weighted by atomic mass is 35.5. The highest BCUT2D eigenvalue weighted by molar-refractivity contribution is 6.28. The molecular formula is C9H10ClFN2O. The summed E-state index contributed by atoms with van der Waals surface area (Å²) in [5.41, 5.74) is 5.93. The Balaban J connectivity index is 3.01. The van der Waals surface area contributed by atoms with Gasteiger partial charge in [0.15, 0.2) is 11.6 Å². The van der Waals surface area contributed by atoms with Gasteiger partial charge in [0.2, 0.25) is 0 Å². The molecule has 2 N–H and O–H groups in total. The first-order chi connectivity index (χ1) is 6.67. The highest BCUT2D eigenvalue weighted by Crippen LogP contribution is 2.23. The van der Waals surface area contributed by atoms with Crippen LogP contribution in [0.3, 0.4) is 0 Å². The van der Waals surface area contributed by atoms with E-state index in [2.05, 4.69) is 4.99 Å². The molecule has 3 nitrogen and oxygen atoms in total. The SMILES string of the molecule is COc1cc(N=C(N)CCl)ccc1F. The molecule has 0 saturated carbocycles. The monoisotopic (exact) mass is 216 g/mol. The van der Waals surface area contributed by atoms with Crippen molar-refractivity contribution >= 4 is 23.1 Å². The molecule has 0 unspecified atom stereocenters. The third kappa shape index (κ3) is 2.60. The van der Waals surface area contributed by atoms with Crippen molar-refractivity contribution in [2.45, 2.75) is 0 Å². The molecule has 0 amide bonds. The molecule has 76 valence electrons. The maximum absolute atomic E-state index is 13.0. The summed E-state index contributed by atoms with van der Waals surface area (Å²) >= 11 is 5.45. The summed E-state index contributed by atoms with van der Waals surface area (Å²) < 4.78 is 17.7. The van der Waals surface area contributed by atoms with E-state index in [1.807, 2.05) is 0 Å². The zero-order valence-corrected chi connectivity index (χ0v) is 8.38. The second-order valence-corrected chi connectivity index (χ2v) is 2.82. The molecule has 0 saturated heterocycles. The lowest BCUT2D eigenvalue weighted by Gasteiger charge is -2.02. The second kappa shape index (κ2) is 4.81. The number of nitrogens with two attached hydrogens (primary N) is 1. The number of amidine groups is 1. The topological polar surface area (TPSA) is 47.6 Å². The van der Waals surface area contributed by atoms with Crippen LogP contribution in [-0.2, 0) is 0 Å². The van der Waals surface area contributed by atoms with E-state index in [1.54, 1.807) is 0 Å². The molecule has 0 bridgehead atoms. The number of rotatable bonds is 3. The van der Waals surface area contributed by atoms with E-state index in [-0.39, 0.29) is 17.5 Å². The number of benzene rings is 1. The average molecular weight is 217 g/mol. The van der Waals surface area contributed by atoms with Gasteiger partial charge in [0.05, 0.1) is 18.7 Å². The molecule has 0 aliphatic carbocycles. The molecule has 0 aliphatic rings. The van der Waals surface area contributed by atoms with Crippen molar-refractivity contribution < 1.29 is 9.13 Å². The van der Waals surface area contributed by atoms with Crippen LogP contribution in [0.15, 0.2) is 23.2 Å². The summed E-state index contributed by atoms with van der Waals surface area (Å²) in [5.74, 6) is 0.115. The summed E-state index contributed by atoms with van der Waals surface area (Å²) in [7, 11) is 1.39. The summed E-state index contributed by atoms with van der Waals surface area (Å²) in [5, 5.41) is 0. The van der Waals surface area contributed by atoms with E-state index in [1.165, 1.54) is 25.3 Å². The molecule has 0 atom stereocenters. The molecular weight excluding hydrogens is 207 g/mol. The Bertz CT molecular complexity index is 355. The maximum atomic E-state index is 13.0. The standard InChI is InChI=1S/C9H10ClFN2O/c1-14-8-4-6(2-3-7(8)11)13-9(12)5-10/h2-4H,5H2,1H3,(H2,12,13). The minimum absolute atomic E-state index is 0.133. The van der Waals surface area contributed by atoms with Crippen molar-refractivity contribution in [2.24, 2.45) is 10.7 Å². The van der Waals surface area contributed by atoms with Crippen molar-refractivity contribution in [3.05, 3.63) is 24.0 Å². The lowest BCUT2D eigenvalue weighted by molar-refractivity contribution is 0.387. The Morgan fingerprint density at radius 2 is 2.36 bits per heavy atom. The third-order valence-corrected chi connectivity index (χ3v) is 1.82. The van der Waals surface area contributed by atoms with Crippen LogP contribution in [0.2, 0.25) is 0 Å². The number of methoxy groups -OCH3 is 1. The van der Waals surface area contributed by atoms with Crippen LogP contribution in [0.4, 0.5) is 10.1 Å². The van der Waals surface area contributed by atoms with Crippen LogP contribution in [0.25, 0.3) is 0 Å². The zero-order valence-electron chi connectivity index (χ0n) is 7.63. The molecule has 0 heterocycles. The Labute approximate surface area is 86.3 Å². The van der Waals surface area contributed by atoms with E-state index >= 15 is 0 Å². The van der Waals surface area contributed by atoms with Gasteiger partial charge in [-0.05, 0) is 12.1 Å². The Morgan fingerprint density at radius 3 is 2.93 bits per heavy atom. The first kappa shape index (κ1) is 10.8. The van der Waals surface area contributed by atoms with Gasteiger partial charge in [0.1, 0.15) is 5.84 Å². The Morgan fingerprint density at radius 1 is 1.64 bits per heavy atom. The molecule has 5 heteroatoms. The van der Waals surface area contributed by atoms with Crippen LogP contribution in [-0.4, -0.2) is 18.8 Å². The van der Waals surface area contributed by atoms with Gasteiger partial charge in [-0.2, -0.15) is 0 Å². The molecule has 1 aromatic carbocycles. The maximum Gasteiger partial charge on any atom is 0.165 e. The molecule has 1 rings (SSSR count). The molecule has 0 aromatic heterocycles. The van der Waals surface area contributed by atoms with Gasteiger partial charge in [-0.1, -0.05) is 0 Å². The smallest absolute Gasteiger partial charge is 0.165 e. The predicted molar refractivity (Wildman–Crippen MR) is 55.0 cm³/mol. The summed E-state index contributed by atoms with van der Waals surface area (Å²) in [6.07, 6.45) is 0. The van der Waals surface area contributed by atoms with Gasteiger partial charge in [0.25, 0.3) is 0 Å². The van der Waals surface area contributed by atoms with Crippen LogP contribution < -0.4 is 10.5 Å². The van der Waals surface area contributed by atoms with Crippen molar-refractivity contribution in [2.75, 3.05) is 13.0 Å². The first-order valence-electron chi connectivity index (χ1n) is 3.90. The van der Waals surface area contributed by atoms with E-state index in [0.29, 0.717) is 5.69 Å². The van der Waals surface area contributed by atoms with E-state index < -0.39 is 5.82 Å². The number of hydrogen-bond donors (Lipinski definition) is 1. The molecule has 14 heavy (non-hydrogen) atoms. The van der Waals surface area contributed by atoms with Gasteiger partial charge in [-0.25, -0.2) is 9.38 Å². The van der Waals surface area contributed by atoms with Crippen LogP contribution >= 0.6 is 11.6 Å². The number of halogens is 2. The van der Waals surface area contributed by atoms with Crippen LogP contribution in [0.5, 0.6) is 5.75 Å². The van der Waals surface area contributed by atoms with Crippen molar-refractivity contribution in [3.63, 3.8) is 0 Å². The second-order valence-electron chi connectivity index (χ2n) is 2.56. The van der Waals surface area contributed by atoms with Crippen molar-refractivity contribution in [1.82, 2.24) is 0 Å². The van der Waals surface area contributed by atoms with Crippen molar-refractivity contribution in [3.8, 4) is 5.75 Å². The molecule has 0 radical (unpaired) electrons. The van der Waals surface area contributed by atoms with E-state index in [4.69, 9.17) is 22.1 Å². The fourth-order valence-corrected chi connectivity index (χ4v) is 0.973. The fourth-order valence-electron chi connectivity index (χ4n) is 0.914. The lowest BCUT2D eigenvalue weighted by atomic mass is 10.3. The van der Waals surface area contributed by atoms with Crippen LogP contribution in [0, 0.1) is 5.82 Å². The van der Waals surface area contributed by atoms with Gasteiger partial charge in [0, 0.05) is 6.07 Å². The minimum Gasteiger partial charge on any atom is -0.494 e. The number of nitrogens with zero attached hydrogens (tertiary/aromatic N) is 1. The molecule has 0 spiro atoms. The molecule has 0 fully saturated rings. The summed E-state index contributed by atoms with van der Waals surface area (Å²) in [4.78, 5) is 3.94. The minimum atomic E-state index is -0.434. The number of hydrogen-bond acceptors (Lipinski definition) is 2. The van der Waals surface area contributed by atoms with Crippen LogP contribution in [0.1, 0.15) is 0 Å². The lowest BCUT2D eigenvalue weighted by Crippen LogP contribution is -2.12. The quantitative estimate of drug-likeness (QED) is 0.478. The largest absolute Gasteiger partial charge is 0.494 e. The Hall–Kier alpha value is -1.29. The van der Waals surface area contributed by atoms with E-state index in [9.17, 15) is 4.39 Å².